The average molecular weight is 388 g/mol. The van der Waals surface area contributed by atoms with E-state index in [4.69, 9.17) is 4.74 Å². The van der Waals surface area contributed by atoms with Gasteiger partial charge in [-0.15, -0.1) is 0 Å². The zero-order valence-electron chi connectivity index (χ0n) is 16.4. The fourth-order valence-electron chi connectivity index (χ4n) is 3.44. The molecule has 1 fully saturated rings. The molecular formula is C23H24N4O2. The van der Waals surface area contributed by atoms with Gasteiger partial charge in [0.1, 0.15) is 11.6 Å². The third-order valence-corrected chi connectivity index (χ3v) is 5.06. The number of nitrogens with one attached hydrogen (secondary N) is 1. The Labute approximate surface area is 170 Å². The van der Waals surface area contributed by atoms with Gasteiger partial charge in [0.15, 0.2) is 0 Å². The van der Waals surface area contributed by atoms with E-state index in [1.807, 2.05) is 36.4 Å². The van der Waals surface area contributed by atoms with Crippen LogP contribution in [-0.4, -0.2) is 44.2 Å². The maximum Gasteiger partial charge on any atom is 0.257 e. The molecule has 0 saturated carbocycles. The third kappa shape index (κ3) is 4.48. The highest BCUT2D eigenvalue weighted by atomic mass is 16.5. The summed E-state index contributed by atoms with van der Waals surface area (Å²) in [6.07, 6.45) is 1.63. The van der Waals surface area contributed by atoms with Gasteiger partial charge in [-0.25, -0.2) is 4.98 Å². The lowest BCUT2D eigenvalue weighted by Crippen LogP contribution is -2.46. The number of piperazine rings is 1. The van der Waals surface area contributed by atoms with Crippen LogP contribution in [0.2, 0.25) is 0 Å². The zero-order valence-corrected chi connectivity index (χ0v) is 16.4. The maximum absolute atomic E-state index is 12.5. The van der Waals surface area contributed by atoms with Gasteiger partial charge in [-0.05, 0) is 36.4 Å². The topological polar surface area (TPSA) is 57.7 Å². The van der Waals surface area contributed by atoms with Crippen LogP contribution in [0.25, 0.3) is 0 Å². The highest BCUT2D eigenvalue weighted by Crippen LogP contribution is 2.20. The molecule has 0 radical (unpaired) electrons. The van der Waals surface area contributed by atoms with Crippen molar-refractivity contribution in [3.05, 3.63) is 78.5 Å². The molecule has 0 atom stereocenters. The Balaban J connectivity index is 1.36. The van der Waals surface area contributed by atoms with Crippen LogP contribution >= 0.6 is 0 Å². The molecular weight excluding hydrogens is 364 g/mol. The monoisotopic (exact) mass is 388 g/mol. The summed E-state index contributed by atoms with van der Waals surface area (Å²) < 4.78 is 5.19. The second-order valence-electron chi connectivity index (χ2n) is 6.90. The molecule has 0 unspecified atom stereocenters. The Morgan fingerprint density at radius 3 is 2.38 bits per heavy atom. The minimum Gasteiger partial charge on any atom is -0.497 e. The Morgan fingerprint density at radius 1 is 0.931 bits per heavy atom. The molecule has 1 saturated heterocycles. The van der Waals surface area contributed by atoms with Gasteiger partial charge in [-0.2, -0.15) is 0 Å². The maximum atomic E-state index is 12.5. The molecule has 1 aromatic heterocycles. The van der Waals surface area contributed by atoms with Crippen molar-refractivity contribution in [3.8, 4) is 5.75 Å². The van der Waals surface area contributed by atoms with Crippen molar-refractivity contribution in [1.29, 1.82) is 0 Å². The predicted molar refractivity (Wildman–Crippen MR) is 116 cm³/mol. The Kier molecular flexibility index (Phi) is 5.61. The van der Waals surface area contributed by atoms with Gasteiger partial charge < -0.3 is 19.9 Å². The molecule has 0 aliphatic carbocycles. The molecule has 6 heteroatoms. The zero-order chi connectivity index (χ0) is 20.1. The third-order valence-electron chi connectivity index (χ3n) is 5.06. The van der Waals surface area contributed by atoms with Crippen LogP contribution in [-0.2, 0) is 0 Å². The first-order valence-electron chi connectivity index (χ1n) is 9.69. The first-order valence-corrected chi connectivity index (χ1v) is 9.69. The van der Waals surface area contributed by atoms with E-state index in [0.717, 1.165) is 32.0 Å². The van der Waals surface area contributed by atoms with E-state index in [9.17, 15) is 4.79 Å². The quantitative estimate of drug-likeness (QED) is 0.723. The van der Waals surface area contributed by atoms with Crippen LogP contribution in [0.3, 0.4) is 0 Å². The summed E-state index contributed by atoms with van der Waals surface area (Å²) in [4.78, 5) is 21.6. The van der Waals surface area contributed by atoms with Crippen LogP contribution in [0.5, 0.6) is 5.75 Å². The first kappa shape index (κ1) is 18.8. The number of amides is 1. The fraction of sp³-hybridized carbons (Fsp3) is 0.217. The molecule has 148 valence electrons. The normalized spacial score (nSPS) is 13.8. The van der Waals surface area contributed by atoms with E-state index in [1.54, 1.807) is 19.4 Å². The van der Waals surface area contributed by atoms with Crippen LogP contribution in [0.4, 0.5) is 17.2 Å². The molecule has 1 aliphatic rings. The average Bonchev–Trinajstić information content (AvgIpc) is 2.80. The van der Waals surface area contributed by atoms with Crippen molar-refractivity contribution in [2.24, 2.45) is 0 Å². The number of ether oxygens (including phenoxy) is 1. The molecule has 1 N–H and O–H groups in total. The summed E-state index contributed by atoms with van der Waals surface area (Å²) in [6, 6.07) is 21.5. The number of para-hydroxylation sites is 1. The van der Waals surface area contributed by atoms with Crippen LogP contribution in [0.15, 0.2) is 72.9 Å². The SMILES string of the molecule is COc1cccc(NC(=O)c2ccc(N3CCN(c4ccccc4)CC3)nc2)c1. The Bertz CT molecular complexity index is 952. The molecule has 29 heavy (non-hydrogen) atoms. The molecule has 4 rings (SSSR count). The molecule has 3 aromatic rings. The van der Waals surface area contributed by atoms with Crippen molar-refractivity contribution in [1.82, 2.24) is 4.98 Å². The van der Waals surface area contributed by atoms with Crippen LogP contribution < -0.4 is 19.9 Å². The number of aromatic nitrogens is 1. The number of carbonyl (C=O) groups is 1. The smallest absolute Gasteiger partial charge is 0.257 e. The number of methoxy groups -OCH3 is 1. The molecule has 2 aromatic carbocycles. The Morgan fingerprint density at radius 2 is 1.69 bits per heavy atom. The fourth-order valence-corrected chi connectivity index (χ4v) is 3.44. The van der Waals surface area contributed by atoms with Gasteiger partial charge in [-0.1, -0.05) is 24.3 Å². The molecule has 2 heterocycles. The van der Waals surface area contributed by atoms with E-state index >= 15 is 0 Å². The lowest BCUT2D eigenvalue weighted by molar-refractivity contribution is 0.102. The molecule has 6 nitrogen and oxygen atoms in total. The van der Waals surface area contributed by atoms with Gasteiger partial charge in [0.05, 0.1) is 12.7 Å². The molecule has 1 aliphatic heterocycles. The minimum absolute atomic E-state index is 0.189. The number of anilines is 3. The number of hydrogen-bond donors (Lipinski definition) is 1. The highest BCUT2D eigenvalue weighted by Gasteiger charge is 2.18. The summed E-state index contributed by atoms with van der Waals surface area (Å²) in [6.45, 7) is 3.70. The summed E-state index contributed by atoms with van der Waals surface area (Å²) in [7, 11) is 1.60. The number of benzene rings is 2. The second-order valence-corrected chi connectivity index (χ2v) is 6.90. The van der Waals surface area contributed by atoms with E-state index in [2.05, 4.69) is 44.4 Å². The first-order chi connectivity index (χ1) is 14.2. The number of rotatable bonds is 5. The second kappa shape index (κ2) is 8.65. The summed E-state index contributed by atoms with van der Waals surface area (Å²) >= 11 is 0. The Hall–Kier alpha value is -3.54. The number of carbonyl (C=O) groups excluding carboxylic acids is 1. The van der Waals surface area contributed by atoms with Crippen molar-refractivity contribution in [2.45, 2.75) is 0 Å². The lowest BCUT2D eigenvalue weighted by atomic mass is 10.2. The number of pyridine rings is 1. The molecule has 0 spiro atoms. The largest absolute Gasteiger partial charge is 0.497 e. The van der Waals surface area contributed by atoms with Gasteiger partial charge in [-0.3, -0.25) is 4.79 Å². The van der Waals surface area contributed by atoms with E-state index in [-0.39, 0.29) is 5.91 Å². The lowest BCUT2D eigenvalue weighted by Gasteiger charge is -2.36. The van der Waals surface area contributed by atoms with Gasteiger partial charge >= 0.3 is 0 Å². The van der Waals surface area contributed by atoms with Crippen molar-refractivity contribution < 1.29 is 9.53 Å². The van der Waals surface area contributed by atoms with Gasteiger partial charge in [0.25, 0.3) is 5.91 Å². The summed E-state index contributed by atoms with van der Waals surface area (Å²) in [5, 5.41) is 2.88. The van der Waals surface area contributed by atoms with Crippen LogP contribution in [0, 0.1) is 0 Å². The van der Waals surface area contributed by atoms with Crippen molar-refractivity contribution >= 4 is 23.1 Å². The molecule has 0 bridgehead atoms. The van der Waals surface area contributed by atoms with Crippen LogP contribution in [0.1, 0.15) is 10.4 Å². The van der Waals surface area contributed by atoms with Gasteiger partial charge in [0.2, 0.25) is 0 Å². The van der Waals surface area contributed by atoms with Crippen molar-refractivity contribution in [2.75, 3.05) is 48.4 Å². The van der Waals surface area contributed by atoms with Crippen molar-refractivity contribution in [3.63, 3.8) is 0 Å². The van der Waals surface area contributed by atoms with E-state index in [0.29, 0.717) is 17.0 Å². The highest BCUT2D eigenvalue weighted by molar-refractivity contribution is 6.04. The summed E-state index contributed by atoms with van der Waals surface area (Å²) in [5.74, 6) is 1.41. The van der Waals surface area contributed by atoms with E-state index in [1.165, 1.54) is 5.69 Å². The number of hydrogen-bond acceptors (Lipinski definition) is 5. The standard InChI is InChI=1S/C23H24N4O2/c1-29-21-9-5-6-19(16-21)25-23(28)18-10-11-22(24-17-18)27-14-12-26(13-15-27)20-7-3-2-4-8-20/h2-11,16-17H,12-15H2,1H3,(H,25,28). The number of nitrogens with zero attached hydrogens (tertiary/aromatic N) is 3. The summed E-state index contributed by atoms with van der Waals surface area (Å²) in [5.41, 5.74) is 2.47. The molecule has 1 amide bonds. The predicted octanol–water partition coefficient (Wildman–Crippen LogP) is 3.67. The van der Waals surface area contributed by atoms with E-state index < -0.39 is 0 Å². The van der Waals surface area contributed by atoms with Gasteiger partial charge in [0, 0.05) is 49.8 Å². The minimum atomic E-state index is -0.189.